The van der Waals surface area contributed by atoms with Gasteiger partial charge in [0.1, 0.15) is 0 Å². The molecule has 0 bridgehead atoms. The molecule has 21 heavy (non-hydrogen) atoms. The largest absolute Gasteiger partial charge is 0.396 e. The number of carbonyl (C=O) groups is 1. The maximum atomic E-state index is 12.1. The number of nitrogen functional groups attached to an aromatic ring is 1. The third-order valence-electron chi connectivity index (χ3n) is 2.95. The molecule has 0 saturated carbocycles. The van der Waals surface area contributed by atoms with Crippen LogP contribution in [0.2, 0.25) is 10.0 Å². The van der Waals surface area contributed by atoms with E-state index >= 15 is 0 Å². The van der Waals surface area contributed by atoms with Gasteiger partial charge in [0.05, 0.1) is 15.7 Å². The summed E-state index contributed by atoms with van der Waals surface area (Å²) in [5.74, 6) is -0.325. The predicted octanol–water partition coefficient (Wildman–Crippen LogP) is 3.36. The molecular weight excluding hydrogens is 311 g/mol. The highest BCUT2D eigenvalue weighted by molar-refractivity contribution is 6.39. The summed E-state index contributed by atoms with van der Waals surface area (Å²) in [5.41, 5.74) is 7.86. The molecule has 4 nitrogen and oxygen atoms in total. The van der Waals surface area contributed by atoms with E-state index in [1.165, 1.54) is 12.1 Å². The quantitative estimate of drug-likeness (QED) is 0.755. The van der Waals surface area contributed by atoms with Crippen molar-refractivity contribution in [3.63, 3.8) is 0 Å². The van der Waals surface area contributed by atoms with Gasteiger partial charge in [0.15, 0.2) is 0 Å². The van der Waals surface area contributed by atoms with Crippen LogP contribution in [0.1, 0.15) is 15.9 Å². The molecule has 0 aliphatic carbocycles. The number of anilines is 2. The van der Waals surface area contributed by atoms with Gasteiger partial charge in [-0.1, -0.05) is 35.3 Å². The minimum atomic E-state index is -0.325. The second kappa shape index (κ2) is 6.80. The van der Waals surface area contributed by atoms with Gasteiger partial charge in [0.2, 0.25) is 0 Å². The molecule has 0 spiro atoms. The Labute approximate surface area is 132 Å². The molecule has 0 atom stereocenters. The van der Waals surface area contributed by atoms with Crippen molar-refractivity contribution in [2.75, 3.05) is 17.7 Å². The minimum Gasteiger partial charge on any atom is -0.396 e. The van der Waals surface area contributed by atoms with E-state index in [0.29, 0.717) is 17.7 Å². The molecule has 0 heterocycles. The summed E-state index contributed by atoms with van der Waals surface area (Å²) < 4.78 is 0. The summed E-state index contributed by atoms with van der Waals surface area (Å²) in [6.07, 6.45) is 0.581. The lowest BCUT2D eigenvalue weighted by Gasteiger charge is -2.08. The standard InChI is InChI=1S/C15H14Cl2N2O2/c16-12-7-10(8-13(17)14(12)18)15(21)19-11-3-1-9(2-4-11)5-6-20/h1-4,7-8,20H,5-6,18H2,(H,19,21). The second-order valence-electron chi connectivity index (χ2n) is 4.48. The zero-order valence-corrected chi connectivity index (χ0v) is 12.6. The molecule has 6 heteroatoms. The third kappa shape index (κ3) is 3.88. The molecular formula is C15H14Cl2N2O2. The highest BCUT2D eigenvalue weighted by Crippen LogP contribution is 2.29. The summed E-state index contributed by atoms with van der Waals surface area (Å²) in [5, 5.41) is 12.1. The van der Waals surface area contributed by atoms with Gasteiger partial charge < -0.3 is 16.2 Å². The van der Waals surface area contributed by atoms with Crippen LogP contribution < -0.4 is 11.1 Å². The topological polar surface area (TPSA) is 75.4 Å². The van der Waals surface area contributed by atoms with E-state index in [4.69, 9.17) is 34.0 Å². The number of carbonyl (C=O) groups excluding carboxylic acids is 1. The second-order valence-corrected chi connectivity index (χ2v) is 5.29. The van der Waals surface area contributed by atoms with Gasteiger partial charge in [0.25, 0.3) is 5.91 Å². The van der Waals surface area contributed by atoms with Crippen LogP contribution in [-0.2, 0) is 6.42 Å². The predicted molar refractivity (Wildman–Crippen MR) is 86.1 cm³/mol. The Bertz CT molecular complexity index is 634. The molecule has 2 rings (SSSR count). The van der Waals surface area contributed by atoms with Crippen molar-refractivity contribution in [3.05, 3.63) is 57.6 Å². The lowest BCUT2D eigenvalue weighted by molar-refractivity contribution is 0.102. The first-order chi connectivity index (χ1) is 10.0. The molecule has 0 fully saturated rings. The molecule has 0 radical (unpaired) electrons. The normalized spacial score (nSPS) is 10.4. The van der Waals surface area contributed by atoms with Crippen molar-refractivity contribution in [2.24, 2.45) is 0 Å². The van der Waals surface area contributed by atoms with Gasteiger partial charge in [-0.05, 0) is 36.2 Å². The summed E-state index contributed by atoms with van der Waals surface area (Å²) in [6, 6.07) is 10.2. The molecule has 2 aromatic rings. The SMILES string of the molecule is Nc1c(Cl)cc(C(=O)Nc2ccc(CCO)cc2)cc1Cl. The third-order valence-corrected chi connectivity index (χ3v) is 3.58. The van der Waals surface area contributed by atoms with Crippen LogP contribution in [0.4, 0.5) is 11.4 Å². The maximum Gasteiger partial charge on any atom is 0.255 e. The van der Waals surface area contributed by atoms with Crippen LogP contribution in [0.5, 0.6) is 0 Å². The highest BCUT2D eigenvalue weighted by atomic mass is 35.5. The fourth-order valence-corrected chi connectivity index (χ4v) is 2.29. The van der Waals surface area contributed by atoms with Crippen molar-refractivity contribution < 1.29 is 9.90 Å². The maximum absolute atomic E-state index is 12.1. The molecule has 110 valence electrons. The molecule has 2 aromatic carbocycles. The average Bonchev–Trinajstić information content (AvgIpc) is 2.46. The van der Waals surface area contributed by atoms with Crippen LogP contribution in [-0.4, -0.2) is 17.6 Å². The number of hydrogen-bond donors (Lipinski definition) is 3. The van der Waals surface area contributed by atoms with Gasteiger partial charge >= 0.3 is 0 Å². The lowest BCUT2D eigenvalue weighted by Crippen LogP contribution is -2.12. The van der Waals surface area contributed by atoms with E-state index < -0.39 is 0 Å². The van der Waals surface area contributed by atoms with E-state index in [1.807, 2.05) is 12.1 Å². The Kier molecular flexibility index (Phi) is 5.07. The van der Waals surface area contributed by atoms with Crippen molar-refractivity contribution in [2.45, 2.75) is 6.42 Å². The fraction of sp³-hybridized carbons (Fsp3) is 0.133. The van der Waals surface area contributed by atoms with E-state index in [9.17, 15) is 4.79 Å². The molecule has 0 aliphatic heterocycles. The van der Waals surface area contributed by atoms with E-state index in [-0.39, 0.29) is 28.2 Å². The first kappa shape index (κ1) is 15.6. The van der Waals surface area contributed by atoms with Crippen molar-refractivity contribution in [1.82, 2.24) is 0 Å². The van der Waals surface area contributed by atoms with E-state index in [0.717, 1.165) is 5.56 Å². The number of aliphatic hydroxyl groups excluding tert-OH is 1. The van der Waals surface area contributed by atoms with Crippen molar-refractivity contribution in [1.29, 1.82) is 0 Å². The van der Waals surface area contributed by atoms with E-state index in [1.54, 1.807) is 12.1 Å². The zero-order valence-electron chi connectivity index (χ0n) is 11.1. The molecule has 1 amide bonds. The molecule has 0 unspecified atom stereocenters. The Morgan fingerprint density at radius 2 is 1.71 bits per heavy atom. The van der Waals surface area contributed by atoms with Crippen molar-refractivity contribution >= 4 is 40.5 Å². The molecule has 4 N–H and O–H groups in total. The van der Waals surface area contributed by atoms with Crippen LogP contribution in [0, 0.1) is 0 Å². The smallest absolute Gasteiger partial charge is 0.255 e. The Morgan fingerprint density at radius 1 is 1.14 bits per heavy atom. The Hall–Kier alpha value is -1.75. The summed E-state index contributed by atoms with van der Waals surface area (Å²) in [6.45, 7) is 0.0914. The summed E-state index contributed by atoms with van der Waals surface area (Å²) in [7, 11) is 0. The van der Waals surface area contributed by atoms with Gasteiger partial charge in [-0.2, -0.15) is 0 Å². The van der Waals surface area contributed by atoms with E-state index in [2.05, 4.69) is 5.32 Å². The minimum absolute atomic E-state index is 0.0914. The number of nitrogens with one attached hydrogen (secondary N) is 1. The average molecular weight is 325 g/mol. The van der Waals surface area contributed by atoms with Gasteiger partial charge in [0, 0.05) is 17.9 Å². The highest BCUT2D eigenvalue weighted by Gasteiger charge is 2.11. The number of rotatable bonds is 4. The van der Waals surface area contributed by atoms with Crippen LogP contribution in [0.25, 0.3) is 0 Å². The zero-order chi connectivity index (χ0) is 15.4. The number of hydrogen-bond acceptors (Lipinski definition) is 3. The van der Waals surface area contributed by atoms with Gasteiger partial charge in [-0.15, -0.1) is 0 Å². The van der Waals surface area contributed by atoms with Crippen LogP contribution >= 0.6 is 23.2 Å². The Balaban J connectivity index is 2.14. The van der Waals surface area contributed by atoms with Crippen LogP contribution in [0.15, 0.2) is 36.4 Å². The Morgan fingerprint density at radius 3 is 2.24 bits per heavy atom. The van der Waals surface area contributed by atoms with Crippen molar-refractivity contribution in [3.8, 4) is 0 Å². The fourth-order valence-electron chi connectivity index (χ4n) is 1.80. The lowest BCUT2D eigenvalue weighted by atomic mass is 10.1. The van der Waals surface area contributed by atoms with Gasteiger partial charge in [-0.3, -0.25) is 4.79 Å². The number of aliphatic hydroxyl groups is 1. The first-order valence-corrected chi connectivity index (χ1v) is 7.02. The molecule has 0 aromatic heterocycles. The monoisotopic (exact) mass is 324 g/mol. The number of halogens is 2. The molecule has 0 saturated heterocycles. The van der Waals surface area contributed by atoms with Crippen LogP contribution in [0.3, 0.4) is 0 Å². The summed E-state index contributed by atoms with van der Waals surface area (Å²) in [4.78, 5) is 12.1. The molecule has 0 aliphatic rings. The number of amides is 1. The number of benzene rings is 2. The summed E-state index contributed by atoms with van der Waals surface area (Å²) >= 11 is 11.8. The van der Waals surface area contributed by atoms with Gasteiger partial charge in [-0.25, -0.2) is 0 Å². The first-order valence-electron chi connectivity index (χ1n) is 6.27. The number of nitrogens with two attached hydrogens (primary N) is 1.